The third-order valence-corrected chi connectivity index (χ3v) is 5.28. The summed E-state index contributed by atoms with van der Waals surface area (Å²) in [5, 5.41) is 13.9. The SMILES string of the molecule is C[C@@H](Sc1nc2ccccc2n1C)C(=O)Nc1ccc([N+](=O)[O-])cc1Cl. The quantitative estimate of drug-likeness (QED) is 0.399. The molecule has 1 amide bonds. The van der Waals surface area contributed by atoms with Gasteiger partial charge in [0.05, 0.1) is 31.9 Å². The van der Waals surface area contributed by atoms with Crippen LogP contribution < -0.4 is 5.32 Å². The fraction of sp³-hybridized carbons (Fsp3) is 0.176. The monoisotopic (exact) mass is 390 g/mol. The molecule has 0 bridgehead atoms. The van der Waals surface area contributed by atoms with Crippen molar-refractivity contribution >= 4 is 51.7 Å². The van der Waals surface area contributed by atoms with Gasteiger partial charge in [-0.25, -0.2) is 4.98 Å². The highest BCUT2D eigenvalue weighted by Crippen LogP contribution is 2.29. The molecule has 0 spiro atoms. The van der Waals surface area contributed by atoms with Gasteiger partial charge in [-0.15, -0.1) is 0 Å². The first kappa shape index (κ1) is 18.2. The fourth-order valence-corrected chi connectivity index (χ4v) is 3.51. The Bertz CT molecular complexity index is 1000. The smallest absolute Gasteiger partial charge is 0.271 e. The van der Waals surface area contributed by atoms with E-state index < -0.39 is 10.2 Å². The number of rotatable bonds is 5. The zero-order valence-electron chi connectivity index (χ0n) is 14.0. The highest BCUT2D eigenvalue weighted by molar-refractivity contribution is 8.00. The molecular formula is C17H15ClN4O3S. The molecule has 0 aliphatic rings. The van der Waals surface area contributed by atoms with Gasteiger partial charge in [-0.3, -0.25) is 14.9 Å². The number of thioether (sulfide) groups is 1. The Kier molecular flexibility index (Phi) is 5.15. The van der Waals surface area contributed by atoms with Gasteiger partial charge in [0.25, 0.3) is 5.69 Å². The Morgan fingerprint density at radius 3 is 2.73 bits per heavy atom. The minimum absolute atomic E-state index is 0.118. The number of nitro groups is 1. The number of amides is 1. The molecule has 2 aromatic carbocycles. The van der Waals surface area contributed by atoms with Crippen LogP contribution in [0.5, 0.6) is 0 Å². The second kappa shape index (κ2) is 7.35. The third-order valence-electron chi connectivity index (χ3n) is 3.82. The molecule has 0 saturated heterocycles. The van der Waals surface area contributed by atoms with E-state index in [0.717, 1.165) is 16.2 Å². The molecule has 3 aromatic rings. The lowest BCUT2D eigenvalue weighted by Crippen LogP contribution is -2.23. The van der Waals surface area contributed by atoms with Crippen molar-refractivity contribution in [2.45, 2.75) is 17.3 Å². The molecule has 0 aliphatic heterocycles. The maximum absolute atomic E-state index is 12.5. The maximum atomic E-state index is 12.5. The number of imidazole rings is 1. The standard InChI is InChI=1S/C17H15ClN4O3S/c1-10(26-17-20-14-5-3-4-6-15(14)21(17)2)16(23)19-13-8-7-11(22(24)25)9-12(13)18/h3-10H,1-2H3,(H,19,23)/t10-/m1/s1. The fourth-order valence-electron chi connectivity index (χ4n) is 2.39. The summed E-state index contributed by atoms with van der Waals surface area (Å²) in [6.45, 7) is 1.76. The number of nitrogens with zero attached hydrogens (tertiary/aromatic N) is 3. The van der Waals surface area contributed by atoms with Crippen molar-refractivity contribution < 1.29 is 9.72 Å². The van der Waals surface area contributed by atoms with Gasteiger partial charge >= 0.3 is 0 Å². The van der Waals surface area contributed by atoms with Gasteiger partial charge in [0.15, 0.2) is 5.16 Å². The largest absolute Gasteiger partial charge is 0.324 e. The van der Waals surface area contributed by atoms with Crippen LogP contribution in [0.1, 0.15) is 6.92 Å². The summed E-state index contributed by atoms with van der Waals surface area (Å²) < 4.78 is 1.93. The van der Waals surface area contributed by atoms with Crippen molar-refractivity contribution in [3.63, 3.8) is 0 Å². The first-order chi connectivity index (χ1) is 12.4. The van der Waals surface area contributed by atoms with Gasteiger partial charge in [-0.05, 0) is 25.1 Å². The maximum Gasteiger partial charge on any atom is 0.271 e. The average Bonchev–Trinajstić information content (AvgIpc) is 2.92. The lowest BCUT2D eigenvalue weighted by atomic mass is 10.2. The van der Waals surface area contributed by atoms with Gasteiger partial charge < -0.3 is 9.88 Å². The number of nitrogens with one attached hydrogen (secondary N) is 1. The Morgan fingerprint density at radius 1 is 1.35 bits per heavy atom. The van der Waals surface area contributed by atoms with Crippen LogP contribution in [0.25, 0.3) is 11.0 Å². The van der Waals surface area contributed by atoms with Crippen molar-refractivity contribution in [2.75, 3.05) is 5.32 Å². The molecule has 1 N–H and O–H groups in total. The summed E-state index contributed by atoms with van der Waals surface area (Å²) >= 11 is 7.34. The predicted octanol–water partition coefficient (Wildman–Crippen LogP) is 4.25. The van der Waals surface area contributed by atoms with Crippen molar-refractivity contribution in [1.82, 2.24) is 9.55 Å². The molecule has 1 atom stereocenters. The van der Waals surface area contributed by atoms with E-state index in [0.29, 0.717) is 5.69 Å². The Balaban J connectivity index is 1.73. The first-order valence-electron chi connectivity index (χ1n) is 7.69. The number of carbonyl (C=O) groups excluding carboxylic acids is 1. The zero-order chi connectivity index (χ0) is 18.8. The van der Waals surface area contributed by atoms with Crippen LogP contribution >= 0.6 is 23.4 Å². The molecule has 1 aromatic heterocycles. The number of fused-ring (bicyclic) bond motifs is 1. The molecule has 26 heavy (non-hydrogen) atoms. The molecule has 7 nitrogen and oxygen atoms in total. The van der Waals surface area contributed by atoms with Crippen molar-refractivity contribution in [2.24, 2.45) is 7.05 Å². The van der Waals surface area contributed by atoms with Crippen LogP contribution in [0.2, 0.25) is 5.02 Å². The number of para-hydroxylation sites is 2. The summed E-state index contributed by atoms with van der Waals surface area (Å²) in [5.74, 6) is -0.266. The summed E-state index contributed by atoms with van der Waals surface area (Å²) in [6.07, 6.45) is 0. The van der Waals surface area contributed by atoms with Crippen molar-refractivity contribution in [1.29, 1.82) is 0 Å². The lowest BCUT2D eigenvalue weighted by molar-refractivity contribution is -0.384. The summed E-state index contributed by atoms with van der Waals surface area (Å²) in [6, 6.07) is 11.7. The van der Waals surface area contributed by atoms with Crippen LogP contribution in [-0.4, -0.2) is 25.6 Å². The third kappa shape index (κ3) is 3.66. The number of halogens is 1. The van der Waals surface area contributed by atoms with Gasteiger partial charge in [-0.2, -0.15) is 0 Å². The van der Waals surface area contributed by atoms with Crippen LogP contribution in [0.4, 0.5) is 11.4 Å². The number of aromatic nitrogens is 2. The number of nitro benzene ring substituents is 1. The van der Waals surface area contributed by atoms with Crippen molar-refractivity contribution in [3.05, 3.63) is 57.6 Å². The molecule has 0 radical (unpaired) electrons. The molecule has 134 valence electrons. The highest BCUT2D eigenvalue weighted by atomic mass is 35.5. The van der Waals surface area contributed by atoms with E-state index in [1.807, 2.05) is 35.9 Å². The van der Waals surface area contributed by atoms with E-state index in [2.05, 4.69) is 10.3 Å². The molecular weight excluding hydrogens is 376 g/mol. The second-order valence-corrected chi connectivity index (χ2v) is 7.33. The number of anilines is 1. The Hall–Kier alpha value is -2.58. The molecule has 0 unspecified atom stereocenters. The Morgan fingerprint density at radius 2 is 2.08 bits per heavy atom. The van der Waals surface area contributed by atoms with Crippen LogP contribution in [0, 0.1) is 10.1 Å². The summed E-state index contributed by atoms with van der Waals surface area (Å²) in [4.78, 5) is 27.2. The van der Waals surface area contributed by atoms with Gasteiger partial charge in [0, 0.05) is 19.2 Å². The summed E-state index contributed by atoms with van der Waals surface area (Å²) in [7, 11) is 1.90. The molecule has 1 heterocycles. The number of aryl methyl sites for hydroxylation is 1. The predicted molar refractivity (Wildman–Crippen MR) is 103 cm³/mol. The second-order valence-electron chi connectivity index (χ2n) is 5.61. The number of benzene rings is 2. The number of hydrogen-bond acceptors (Lipinski definition) is 5. The number of non-ortho nitro benzene ring substituents is 1. The molecule has 0 aliphatic carbocycles. The zero-order valence-corrected chi connectivity index (χ0v) is 15.5. The van der Waals surface area contributed by atoms with Crippen LogP contribution in [0.15, 0.2) is 47.6 Å². The van der Waals surface area contributed by atoms with Gasteiger partial charge in [-0.1, -0.05) is 35.5 Å². The number of hydrogen-bond donors (Lipinski definition) is 1. The normalized spacial score (nSPS) is 12.1. The minimum atomic E-state index is -0.540. The van der Waals surface area contributed by atoms with Gasteiger partial charge in [0.2, 0.25) is 5.91 Å². The van der Waals surface area contributed by atoms with Crippen molar-refractivity contribution in [3.8, 4) is 0 Å². The topological polar surface area (TPSA) is 90.1 Å². The minimum Gasteiger partial charge on any atom is -0.324 e. The molecule has 0 saturated carbocycles. The van der Waals surface area contributed by atoms with E-state index in [1.54, 1.807) is 6.92 Å². The van der Waals surface area contributed by atoms with E-state index in [-0.39, 0.29) is 16.6 Å². The lowest BCUT2D eigenvalue weighted by Gasteiger charge is -2.12. The number of carbonyl (C=O) groups is 1. The van der Waals surface area contributed by atoms with E-state index in [9.17, 15) is 14.9 Å². The van der Waals surface area contributed by atoms with Gasteiger partial charge in [0.1, 0.15) is 0 Å². The molecule has 3 rings (SSSR count). The first-order valence-corrected chi connectivity index (χ1v) is 8.95. The van der Waals surface area contributed by atoms with Crippen LogP contribution in [-0.2, 0) is 11.8 Å². The molecule has 0 fully saturated rings. The summed E-state index contributed by atoms with van der Waals surface area (Å²) in [5.41, 5.74) is 2.05. The highest BCUT2D eigenvalue weighted by Gasteiger charge is 2.20. The van der Waals surface area contributed by atoms with E-state index in [4.69, 9.17) is 11.6 Å². The van der Waals surface area contributed by atoms with Crippen LogP contribution in [0.3, 0.4) is 0 Å². The molecule has 9 heteroatoms. The average molecular weight is 391 g/mol. The van der Waals surface area contributed by atoms with E-state index in [1.165, 1.54) is 30.0 Å². The van der Waals surface area contributed by atoms with E-state index >= 15 is 0 Å². The Labute approximate surface area is 158 Å².